The molecule has 0 bridgehead atoms. The zero-order valence-corrected chi connectivity index (χ0v) is 14.5. The maximum atomic E-state index is 13.4. The van der Waals surface area contributed by atoms with Crippen LogP contribution < -0.4 is 15.4 Å². The summed E-state index contributed by atoms with van der Waals surface area (Å²) in [6, 6.07) is 1.50. The van der Waals surface area contributed by atoms with Gasteiger partial charge < -0.3 is 20.1 Å². The van der Waals surface area contributed by atoms with E-state index in [4.69, 9.17) is 9.47 Å². The van der Waals surface area contributed by atoms with E-state index in [-0.39, 0.29) is 24.1 Å². The molecule has 0 aliphatic carbocycles. The molecule has 0 aliphatic heterocycles. The molecule has 0 aliphatic rings. The SMILES string of the molecule is COCCOc1cnc(NC(C)=O)cc1Nc1cncc(C(C)(F)F)n1. The number of pyridine rings is 1. The fourth-order valence-electron chi connectivity index (χ4n) is 1.91. The first-order chi connectivity index (χ1) is 12.3. The number of aromatic nitrogens is 3. The first-order valence-electron chi connectivity index (χ1n) is 7.66. The summed E-state index contributed by atoms with van der Waals surface area (Å²) in [5.41, 5.74) is -0.0915. The number of methoxy groups -OCH3 is 1. The van der Waals surface area contributed by atoms with E-state index in [0.717, 1.165) is 13.1 Å². The van der Waals surface area contributed by atoms with E-state index in [1.165, 1.54) is 32.5 Å². The standard InChI is InChI=1S/C16H19F2N5O3/c1-10(24)21-14-6-11(12(7-20-14)26-5-4-25-3)22-15-9-19-8-13(23-15)16(2,17)18/h6-9H,4-5H2,1-3H3,(H2,20,21,22,23,24). The maximum absolute atomic E-state index is 13.4. The average Bonchev–Trinajstić information content (AvgIpc) is 2.56. The van der Waals surface area contributed by atoms with Crippen molar-refractivity contribution in [3.8, 4) is 5.75 Å². The van der Waals surface area contributed by atoms with Crippen molar-refractivity contribution in [1.29, 1.82) is 0 Å². The molecule has 2 N–H and O–H groups in total. The van der Waals surface area contributed by atoms with Crippen LogP contribution in [0.3, 0.4) is 0 Å². The highest BCUT2D eigenvalue weighted by molar-refractivity contribution is 5.88. The lowest BCUT2D eigenvalue weighted by Crippen LogP contribution is -2.12. The predicted molar refractivity (Wildman–Crippen MR) is 90.8 cm³/mol. The van der Waals surface area contributed by atoms with E-state index >= 15 is 0 Å². The average molecular weight is 367 g/mol. The van der Waals surface area contributed by atoms with Gasteiger partial charge in [0.25, 0.3) is 5.92 Å². The van der Waals surface area contributed by atoms with Crippen molar-refractivity contribution in [2.45, 2.75) is 19.8 Å². The lowest BCUT2D eigenvalue weighted by atomic mass is 10.3. The van der Waals surface area contributed by atoms with Crippen LogP contribution in [0.2, 0.25) is 0 Å². The van der Waals surface area contributed by atoms with Gasteiger partial charge in [0.1, 0.15) is 23.9 Å². The number of nitrogens with one attached hydrogen (secondary N) is 2. The van der Waals surface area contributed by atoms with Gasteiger partial charge in [-0.2, -0.15) is 8.78 Å². The first-order valence-corrected chi connectivity index (χ1v) is 7.66. The third kappa shape index (κ3) is 5.59. The fourth-order valence-corrected chi connectivity index (χ4v) is 1.91. The summed E-state index contributed by atoms with van der Waals surface area (Å²) in [6.07, 6.45) is 3.69. The van der Waals surface area contributed by atoms with Gasteiger partial charge in [-0.05, 0) is 0 Å². The van der Waals surface area contributed by atoms with Crippen LogP contribution in [0.15, 0.2) is 24.7 Å². The molecule has 2 heterocycles. The lowest BCUT2D eigenvalue weighted by Gasteiger charge is -2.15. The second kappa shape index (κ2) is 8.48. The molecule has 140 valence electrons. The Morgan fingerprint density at radius 1 is 1.23 bits per heavy atom. The molecule has 10 heteroatoms. The van der Waals surface area contributed by atoms with E-state index in [0.29, 0.717) is 18.0 Å². The van der Waals surface area contributed by atoms with Gasteiger partial charge in [-0.1, -0.05) is 0 Å². The molecule has 8 nitrogen and oxygen atoms in total. The summed E-state index contributed by atoms with van der Waals surface area (Å²) in [4.78, 5) is 22.9. The molecule has 0 saturated carbocycles. The molecule has 0 saturated heterocycles. The van der Waals surface area contributed by atoms with Gasteiger partial charge in [-0.15, -0.1) is 0 Å². The Balaban J connectivity index is 2.30. The molecule has 0 fully saturated rings. The molecule has 0 spiro atoms. The Morgan fingerprint density at radius 2 is 2.00 bits per heavy atom. The van der Waals surface area contributed by atoms with Gasteiger partial charge >= 0.3 is 0 Å². The van der Waals surface area contributed by atoms with Gasteiger partial charge in [0.2, 0.25) is 5.91 Å². The smallest absolute Gasteiger partial charge is 0.288 e. The van der Waals surface area contributed by atoms with Crippen LogP contribution in [-0.2, 0) is 15.5 Å². The topological polar surface area (TPSA) is 98.3 Å². The van der Waals surface area contributed by atoms with Crippen LogP contribution in [0.1, 0.15) is 19.5 Å². The summed E-state index contributed by atoms with van der Waals surface area (Å²) < 4.78 is 37.3. The van der Waals surface area contributed by atoms with Crippen molar-refractivity contribution in [2.75, 3.05) is 31.0 Å². The minimum absolute atomic E-state index is 0.0978. The molecule has 1 amide bonds. The Hall–Kier alpha value is -2.88. The Labute approximate surface area is 149 Å². The molecular formula is C16H19F2N5O3. The molecule has 0 atom stereocenters. The Kier molecular flexibility index (Phi) is 6.34. The Bertz CT molecular complexity index is 768. The number of halogens is 2. The number of ether oxygens (including phenoxy) is 2. The van der Waals surface area contributed by atoms with E-state index in [1.807, 2.05) is 0 Å². The van der Waals surface area contributed by atoms with Crippen molar-refractivity contribution >= 4 is 23.2 Å². The summed E-state index contributed by atoms with van der Waals surface area (Å²) >= 11 is 0. The second-order valence-electron chi connectivity index (χ2n) is 5.39. The van der Waals surface area contributed by atoms with Gasteiger partial charge in [0.15, 0.2) is 5.75 Å². The number of carbonyl (C=O) groups is 1. The highest BCUT2D eigenvalue weighted by Crippen LogP contribution is 2.30. The summed E-state index contributed by atoms with van der Waals surface area (Å²) in [5.74, 6) is -2.72. The molecule has 2 aromatic rings. The number of hydrogen-bond acceptors (Lipinski definition) is 7. The number of nitrogens with zero attached hydrogens (tertiary/aromatic N) is 3. The number of hydrogen-bond donors (Lipinski definition) is 2. The summed E-state index contributed by atoms with van der Waals surface area (Å²) in [5, 5.41) is 5.40. The monoisotopic (exact) mass is 367 g/mol. The maximum Gasteiger partial charge on any atom is 0.288 e. The van der Waals surface area contributed by atoms with Crippen LogP contribution in [0.4, 0.5) is 26.1 Å². The molecule has 26 heavy (non-hydrogen) atoms. The van der Waals surface area contributed by atoms with Crippen molar-refractivity contribution in [3.05, 3.63) is 30.4 Å². The number of amides is 1. The van der Waals surface area contributed by atoms with Gasteiger partial charge in [0.05, 0.1) is 30.9 Å². The first kappa shape index (κ1) is 19.4. The van der Waals surface area contributed by atoms with Crippen molar-refractivity contribution < 1.29 is 23.0 Å². The number of anilines is 3. The molecule has 0 radical (unpaired) electrons. The summed E-state index contributed by atoms with van der Waals surface area (Å²) in [6.45, 7) is 2.69. The van der Waals surface area contributed by atoms with Crippen LogP contribution in [0.5, 0.6) is 5.75 Å². The molecule has 2 aromatic heterocycles. The van der Waals surface area contributed by atoms with Gasteiger partial charge in [0, 0.05) is 27.0 Å². The fraction of sp³-hybridized carbons (Fsp3) is 0.375. The zero-order chi connectivity index (χ0) is 19.2. The van der Waals surface area contributed by atoms with E-state index in [9.17, 15) is 13.6 Å². The van der Waals surface area contributed by atoms with Crippen molar-refractivity contribution in [1.82, 2.24) is 15.0 Å². The molecule has 0 unspecified atom stereocenters. The third-order valence-electron chi connectivity index (χ3n) is 3.06. The number of carbonyl (C=O) groups excluding carboxylic acids is 1. The van der Waals surface area contributed by atoms with E-state index in [2.05, 4.69) is 25.6 Å². The summed E-state index contributed by atoms with van der Waals surface area (Å²) in [7, 11) is 1.53. The lowest BCUT2D eigenvalue weighted by molar-refractivity contribution is -0.114. The predicted octanol–water partition coefficient (Wildman–Crippen LogP) is 2.71. The molecular weight excluding hydrogens is 348 g/mol. The quantitative estimate of drug-likeness (QED) is 0.692. The second-order valence-corrected chi connectivity index (χ2v) is 5.39. The van der Waals surface area contributed by atoms with Crippen LogP contribution in [0, 0.1) is 0 Å². The zero-order valence-electron chi connectivity index (χ0n) is 14.5. The number of alkyl halides is 2. The van der Waals surface area contributed by atoms with Crippen molar-refractivity contribution in [3.63, 3.8) is 0 Å². The largest absolute Gasteiger partial charge is 0.487 e. The highest BCUT2D eigenvalue weighted by atomic mass is 19.3. The van der Waals surface area contributed by atoms with Gasteiger partial charge in [-0.3, -0.25) is 9.78 Å². The van der Waals surface area contributed by atoms with Crippen LogP contribution in [0.25, 0.3) is 0 Å². The van der Waals surface area contributed by atoms with Gasteiger partial charge in [-0.25, -0.2) is 9.97 Å². The van der Waals surface area contributed by atoms with Crippen molar-refractivity contribution in [2.24, 2.45) is 0 Å². The van der Waals surface area contributed by atoms with Crippen LogP contribution in [-0.4, -0.2) is 41.2 Å². The minimum atomic E-state index is -3.12. The van der Waals surface area contributed by atoms with E-state index < -0.39 is 11.6 Å². The molecule has 2 rings (SSSR count). The normalized spacial score (nSPS) is 11.1. The highest BCUT2D eigenvalue weighted by Gasteiger charge is 2.27. The third-order valence-corrected chi connectivity index (χ3v) is 3.06. The minimum Gasteiger partial charge on any atom is -0.487 e. The number of rotatable bonds is 8. The molecule has 0 aromatic carbocycles. The Morgan fingerprint density at radius 3 is 2.65 bits per heavy atom. The van der Waals surface area contributed by atoms with Crippen LogP contribution >= 0.6 is 0 Å². The van der Waals surface area contributed by atoms with E-state index in [1.54, 1.807) is 0 Å².